The van der Waals surface area contributed by atoms with Crippen molar-refractivity contribution in [2.24, 2.45) is 11.7 Å². The number of esters is 1. The Bertz CT molecular complexity index is 1040. The molecule has 2 rings (SSSR count). The van der Waals surface area contributed by atoms with E-state index in [-0.39, 0.29) is 16.1 Å². The van der Waals surface area contributed by atoms with E-state index in [9.17, 15) is 22.8 Å². The van der Waals surface area contributed by atoms with Crippen LogP contribution in [0.1, 0.15) is 24.2 Å². The first-order chi connectivity index (χ1) is 14.0. The van der Waals surface area contributed by atoms with E-state index in [4.69, 9.17) is 10.5 Å². The van der Waals surface area contributed by atoms with Gasteiger partial charge in [0.05, 0.1) is 10.5 Å². The van der Waals surface area contributed by atoms with E-state index >= 15 is 0 Å². The molecule has 160 valence electrons. The molecule has 30 heavy (non-hydrogen) atoms. The van der Waals surface area contributed by atoms with Crippen LogP contribution in [0.15, 0.2) is 57.9 Å². The molecule has 0 fully saturated rings. The van der Waals surface area contributed by atoms with Gasteiger partial charge in [0.1, 0.15) is 0 Å². The van der Waals surface area contributed by atoms with Gasteiger partial charge in [0, 0.05) is 10.2 Å². The standard InChI is InChI=1S/C19H20BrN3O6S/c1-11(2)16(17(24)22-19(21)26)29-18(25)12-3-7-14(8-4-12)23-30(27,28)15-9-5-13(20)6-10-15/h3-11,16,23H,1-2H3,(H3,21,22,24,26). The maximum Gasteiger partial charge on any atom is 0.338 e. The van der Waals surface area contributed by atoms with Crippen molar-refractivity contribution in [3.05, 3.63) is 58.6 Å². The summed E-state index contributed by atoms with van der Waals surface area (Å²) in [5, 5.41) is 1.88. The molecule has 3 amide bonds. The summed E-state index contributed by atoms with van der Waals surface area (Å²) in [5.74, 6) is -2.05. The van der Waals surface area contributed by atoms with Crippen LogP contribution < -0.4 is 15.8 Å². The van der Waals surface area contributed by atoms with Crippen LogP contribution in [0.4, 0.5) is 10.5 Å². The van der Waals surface area contributed by atoms with E-state index in [2.05, 4.69) is 20.7 Å². The summed E-state index contributed by atoms with van der Waals surface area (Å²) in [6.45, 7) is 3.27. The number of carbonyl (C=O) groups excluding carboxylic acids is 3. The van der Waals surface area contributed by atoms with E-state index < -0.39 is 40.0 Å². The number of ether oxygens (including phenoxy) is 1. The summed E-state index contributed by atoms with van der Waals surface area (Å²) < 4.78 is 33.2. The van der Waals surface area contributed by atoms with E-state index in [0.717, 1.165) is 4.47 Å². The zero-order valence-electron chi connectivity index (χ0n) is 16.1. The molecule has 9 nitrogen and oxygen atoms in total. The van der Waals surface area contributed by atoms with Gasteiger partial charge in [0.15, 0.2) is 6.10 Å². The van der Waals surface area contributed by atoms with Crippen molar-refractivity contribution in [2.75, 3.05) is 4.72 Å². The quantitative estimate of drug-likeness (QED) is 0.501. The van der Waals surface area contributed by atoms with Crippen LogP contribution in [0.2, 0.25) is 0 Å². The van der Waals surface area contributed by atoms with Crippen molar-refractivity contribution in [2.45, 2.75) is 24.8 Å². The summed E-state index contributed by atoms with van der Waals surface area (Å²) in [4.78, 5) is 35.2. The Morgan fingerprint density at radius 1 is 1.00 bits per heavy atom. The van der Waals surface area contributed by atoms with Gasteiger partial charge in [0.2, 0.25) is 0 Å². The average Bonchev–Trinajstić information content (AvgIpc) is 2.65. The number of amides is 3. The number of hydrogen-bond acceptors (Lipinski definition) is 6. The lowest BCUT2D eigenvalue weighted by Gasteiger charge is -2.19. The van der Waals surface area contributed by atoms with Crippen molar-refractivity contribution in [1.82, 2.24) is 5.32 Å². The molecule has 1 atom stereocenters. The monoisotopic (exact) mass is 497 g/mol. The Labute approximate surface area is 182 Å². The Balaban J connectivity index is 2.10. The average molecular weight is 498 g/mol. The Kier molecular flexibility index (Phi) is 7.57. The third-order valence-corrected chi connectivity index (χ3v) is 5.77. The van der Waals surface area contributed by atoms with Crippen molar-refractivity contribution in [3.8, 4) is 0 Å². The molecule has 0 bridgehead atoms. The molecule has 0 spiro atoms. The molecule has 11 heteroatoms. The van der Waals surface area contributed by atoms with Crippen LogP contribution in [-0.4, -0.2) is 32.4 Å². The molecule has 2 aromatic carbocycles. The molecular weight excluding hydrogens is 478 g/mol. The molecular formula is C19H20BrN3O6S. The van der Waals surface area contributed by atoms with E-state index in [1.807, 2.05) is 5.32 Å². The van der Waals surface area contributed by atoms with Gasteiger partial charge in [-0.05, 0) is 54.4 Å². The predicted octanol–water partition coefficient (Wildman–Crippen LogP) is 2.63. The number of primary amides is 1. The van der Waals surface area contributed by atoms with E-state index in [1.54, 1.807) is 26.0 Å². The summed E-state index contributed by atoms with van der Waals surface area (Å²) in [7, 11) is -3.80. The highest BCUT2D eigenvalue weighted by atomic mass is 79.9. The van der Waals surface area contributed by atoms with Crippen molar-refractivity contribution >= 4 is 49.5 Å². The molecule has 0 heterocycles. The maximum atomic E-state index is 12.4. The van der Waals surface area contributed by atoms with E-state index in [1.165, 1.54) is 36.4 Å². The number of anilines is 1. The highest BCUT2D eigenvalue weighted by Gasteiger charge is 2.28. The predicted molar refractivity (Wildman–Crippen MR) is 113 cm³/mol. The lowest BCUT2D eigenvalue weighted by Crippen LogP contribution is -2.45. The van der Waals surface area contributed by atoms with Gasteiger partial charge >= 0.3 is 12.0 Å². The molecule has 0 aromatic heterocycles. The number of rotatable bonds is 7. The molecule has 0 aliphatic rings. The van der Waals surface area contributed by atoms with Crippen LogP contribution in [0.3, 0.4) is 0 Å². The van der Waals surface area contributed by atoms with Crippen LogP contribution in [0.25, 0.3) is 0 Å². The molecule has 0 radical (unpaired) electrons. The number of imide groups is 1. The van der Waals surface area contributed by atoms with Gasteiger partial charge in [-0.25, -0.2) is 18.0 Å². The first kappa shape index (κ1) is 23.4. The first-order valence-electron chi connectivity index (χ1n) is 8.69. The highest BCUT2D eigenvalue weighted by Crippen LogP contribution is 2.20. The molecule has 4 N–H and O–H groups in total. The Morgan fingerprint density at radius 2 is 1.57 bits per heavy atom. The van der Waals surface area contributed by atoms with Gasteiger partial charge < -0.3 is 10.5 Å². The van der Waals surface area contributed by atoms with Gasteiger partial charge in [-0.15, -0.1) is 0 Å². The molecule has 1 unspecified atom stereocenters. The largest absolute Gasteiger partial charge is 0.448 e. The zero-order chi connectivity index (χ0) is 22.5. The number of nitrogens with one attached hydrogen (secondary N) is 2. The number of hydrogen-bond donors (Lipinski definition) is 3. The van der Waals surface area contributed by atoms with Gasteiger partial charge in [-0.3, -0.25) is 14.8 Å². The second-order valence-electron chi connectivity index (χ2n) is 6.56. The first-order valence-corrected chi connectivity index (χ1v) is 11.0. The van der Waals surface area contributed by atoms with Crippen LogP contribution in [0.5, 0.6) is 0 Å². The van der Waals surface area contributed by atoms with Gasteiger partial charge in [0.25, 0.3) is 15.9 Å². The lowest BCUT2D eigenvalue weighted by molar-refractivity contribution is -0.130. The third-order valence-electron chi connectivity index (χ3n) is 3.84. The number of urea groups is 1. The molecule has 2 aromatic rings. The summed E-state index contributed by atoms with van der Waals surface area (Å²) in [6.07, 6.45) is -1.22. The van der Waals surface area contributed by atoms with Crippen molar-refractivity contribution in [3.63, 3.8) is 0 Å². The molecule has 0 saturated heterocycles. The second-order valence-corrected chi connectivity index (χ2v) is 9.16. The highest BCUT2D eigenvalue weighted by molar-refractivity contribution is 9.10. The number of nitrogens with two attached hydrogens (primary N) is 1. The lowest BCUT2D eigenvalue weighted by atomic mass is 10.1. The smallest absolute Gasteiger partial charge is 0.338 e. The normalized spacial score (nSPS) is 12.1. The third kappa shape index (κ3) is 6.29. The Hall–Kier alpha value is -2.92. The van der Waals surface area contributed by atoms with Crippen LogP contribution in [-0.2, 0) is 19.6 Å². The van der Waals surface area contributed by atoms with E-state index in [0.29, 0.717) is 0 Å². The number of benzene rings is 2. The van der Waals surface area contributed by atoms with Crippen LogP contribution >= 0.6 is 15.9 Å². The molecule has 0 aliphatic heterocycles. The number of sulfonamides is 1. The minimum atomic E-state index is -3.80. The summed E-state index contributed by atoms with van der Waals surface area (Å²) in [6, 6.07) is 10.5. The second kappa shape index (κ2) is 9.72. The number of carbonyl (C=O) groups is 3. The SMILES string of the molecule is CC(C)C(OC(=O)c1ccc(NS(=O)(=O)c2ccc(Br)cc2)cc1)C(=O)NC(N)=O. The molecule has 0 aliphatic carbocycles. The maximum absolute atomic E-state index is 12.4. The zero-order valence-corrected chi connectivity index (χ0v) is 18.5. The fourth-order valence-corrected chi connectivity index (χ4v) is 3.69. The Morgan fingerprint density at radius 3 is 2.07 bits per heavy atom. The summed E-state index contributed by atoms with van der Waals surface area (Å²) in [5.41, 5.74) is 5.25. The van der Waals surface area contributed by atoms with Crippen molar-refractivity contribution in [1.29, 1.82) is 0 Å². The fourth-order valence-electron chi connectivity index (χ4n) is 2.37. The van der Waals surface area contributed by atoms with Gasteiger partial charge in [-0.1, -0.05) is 29.8 Å². The minimum absolute atomic E-state index is 0.0782. The summed E-state index contributed by atoms with van der Waals surface area (Å²) >= 11 is 3.24. The number of halogens is 1. The fraction of sp³-hybridized carbons (Fsp3) is 0.211. The van der Waals surface area contributed by atoms with Crippen molar-refractivity contribution < 1.29 is 27.5 Å². The topological polar surface area (TPSA) is 145 Å². The van der Waals surface area contributed by atoms with Crippen LogP contribution in [0, 0.1) is 5.92 Å². The minimum Gasteiger partial charge on any atom is -0.448 e. The molecule has 0 saturated carbocycles. The van der Waals surface area contributed by atoms with Gasteiger partial charge in [-0.2, -0.15) is 0 Å².